The molecule has 0 bridgehead atoms. The normalized spacial score (nSPS) is 22.0. The summed E-state index contributed by atoms with van der Waals surface area (Å²) < 4.78 is 4.98. The Morgan fingerprint density at radius 1 is 1.27 bits per heavy atom. The summed E-state index contributed by atoms with van der Waals surface area (Å²) in [6.07, 6.45) is 8.71. The van der Waals surface area contributed by atoms with Crippen molar-refractivity contribution in [3.05, 3.63) is 29.8 Å². The highest BCUT2D eigenvalue weighted by Crippen LogP contribution is 2.36. The Balaban J connectivity index is 1.94. The first-order chi connectivity index (χ1) is 12.7. The summed E-state index contributed by atoms with van der Waals surface area (Å²) in [5.74, 6) is 0.753. The van der Waals surface area contributed by atoms with Gasteiger partial charge in [-0.3, -0.25) is 4.79 Å². The maximum absolute atomic E-state index is 12.1. The lowest BCUT2D eigenvalue weighted by Gasteiger charge is -2.40. The van der Waals surface area contributed by atoms with E-state index in [0.29, 0.717) is 12.5 Å². The number of anilines is 1. The fourth-order valence-electron chi connectivity index (χ4n) is 3.95. The molecule has 3 rings (SSSR count). The van der Waals surface area contributed by atoms with Gasteiger partial charge in [0.1, 0.15) is 0 Å². The van der Waals surface area contributed by atoms with Crippen LogP contribution in [0, 0.1) is 0 Å². The Bertz CT molecular complexity index is 638. The molecule has 1 unspecified atom stereocenters. The van der Waals surface area contributed by atoms with Gasteiger partial charge in [0.05, 0.1) is 25.6 Å². The lowest BCUT2D eigenvalue weighted by Crippen LogP contribution is -2.45. The number of benzene rings is 1. The number of nitrogens with zero attached hydrogens (tertiary/aromatic N) is 2. The van der Waals surface area contributed by atoms with Crippen LogP contribution in [0.2, 0.25) is 0 Å². The molecule has 0 radical (unpaired) electrons. The van der Waals surface area contributed by atoms with E-state index in [1.54, 1.807) is 0 Å². The number of ether oxygens (including phenoxy) is 1. The van der Waals surface area contributed by atoms with Crippen LogP contribution in [0.1, 0.15) is 69.9 Å². The molecule has 1 aliphatic heterocycles. The van der Waals surface area contributed by atoms with E-state index in [2.05, 4.69) is 29.3 Å². The number of hydrogen-bond donors (Lipinski definition) is 1. The summed E-state index contributed by atoms with van der Waals surface area (Å²) in [6.45, 7) is 3.09. The van der Waals surface area contributed by atoms with Gasteiger partial charge in [-0.15, -0.1) is 0 Å². The molecule has 142 valence electrons. The van der Waals surface area contributed by atoms with E-state index in [1.165, 1.54) is 26.4 Å². The van der Waals surface area contributed by atoms with Crippen molar-refractivity contribution < 1.29 is 9.53 Å². The monoisotopic (exact) mass is 357 g/mol. The Morgan fingerprint density at radius 3 is 2.77 bits per heavy atom. The zero-order valence-electron chi connectivity index (χ0n) is 16.0. The standard InChI is InChI=1S/C21H31N3O2/c1-3-4-14-24-19(15-20(25)26-2)17-12-8-9-13-18(17)23-21(24)22-16-10-6-5-7-11-16/h8-9,12-13,16,19H,3-7,10-11,14-15H2,1-2H3,(H,22,23). The quantitative estimate of drug-likeness (QED) is 0.761. The number of para-hydroxylation sites is 1. The molecule has 0 amide bonds. The van der Waals surface area contributed by atoms with Crippen molar-refractivity contribution in [3.63, 3.8) is 0 Å². The van der Waals surface area contributed by atoms with Gasteiger partial charge in [-0.25, -0.2) is 4.99 Å². The van der Waals surface area contributed by atoms with Crippen LogP contribution in [0.4, 0.5) is 5.69 Å². The van der Waals surface area contributed by atoms with Crippen molar-refractivity contribution in [3.8, 4) is 0 Å². The van der Waals surface area contributed by atoms with Crippen molar-refractivity contribution >= 4 is 17.6 Å². The van der Waals surface area contributed by atoms with Gasteiger partial charge in [0, 0.05) is 12.2 Å². The number of carbonyl (C=O) groups excluding carboxylic acids is 1. The summed E-state index contributed by atoms with van der Waals surface area (Å²) in [5, 5.41) is 3.55. The number of nitrogens with one attached hydrogen (secondary N) is 1. The largest absolute Gasteiger partial charge is 0.469 e. The van der Waals surface area contributed by atoms with Crippen LogP contribution in [-0.2, 0) is 9.53 Å². The fourth-order valence-corrected chi connectivity index (χ4v) is 3.95. The smallest absolute Gasteiger partial charge is 0.307 e. The number of aliphatic imine (C=N–C) groups is 1. The molecule has 0 spiro atoms. The Hall–Kier alpha value is -2.04. The highest BCUT2D eigenvalue weighted by molar-refractivity contribution is 5.97. The third-order valence-corrected chi connectivity index (χ3v) is 5.43. The number of esters is 1. The van der Waals surface area contributed by atoms with Crippen LogP contribution in [0.15, 0.2) is 29.3 Å². The highest BCUT2D eigenvalue weighted by atomic mass is 16.5. The third kappa shape index (κ3) is 4.37. The summed E-state index contributed by atoms with van der Waals surface area (Å²) in [6, 6.07) is 8.61. The van der Waals surface area contributed by atoms with Gasteiger partial charge < -0.3 is 15.0 Å². The van der Waals surface area contributed by atoms with Crippen molar-refractivity contribution in [1.82, 2.24) is 4.90 Å². The summed E-state index contributed by atoms with van der Waals surface area (Å²) in [7, 11) is 1.46. The van der Waals surface area contributed by atoms with Gasteiger partial charge in [-0.2, -0.15) is 0 Å². The zero-order valence-corrected chi connectivity index (χ0v) is 16.0. The fraction of sp³-hybridized carbons (Fsp3) is 0.619. The van der Waals surface area contributed by atoms with Crippen LogP contribution in [0.5, 0.6) is 0 Å². The van der Waals surface area contributed by atoms with Crippen LogP contribution >= 0.6 is 0 Å². The van der Waals surface area contributed by atoms with E-state index in [1.807, 2.05) is 12.1 Å². The Labute approximate surface area is 156 Å². The van der Waals surface area contributed by atoms with Crippen molar-refractivity contribution in [2.75, 3.05) is 19.0 Å². The second kappa shape index (κ2) is 9.06. The maximum atomic E-state index is 12.1. The van der Waals surface area contributed by atoms with E-state index in [9.17, 15) is 4.79 Å². The van der Waals surface area contributed by atoms with E-state index in [-0.39, 0.29) is 12.0 Å². The Morgan fingerprint density at radius 2 is 2.04 bits per heavy atom. The zero-order chi connectivity index (χ0) is 18.4. The predicted molar refractivity (Wildman–Crippen MR) is 105 cm³/mol. The lowest BCUT2D eigenvalue weighted by atomic mass is 9.95. The molecule has 1 fully saturated rings. The molecule has 1 aromatic carbocycles. The SMILES string of the molecule is CCCCN1C(=NC2CCCCC2)Nc2ccccc2C1CC(=O)OC. The van der Waals surface area contributed by atoms with E-state index in [4.69, 9.17) is 9.73 Å². The molecule has 1 N–H and O–H groups in total. The average molecular weight is 357 g/mol. The number of rotatable bonds is 6. The van der Waals surface area contributed by atoms with Crippen LogP contribution in [-0.4, -0.2) is 36.5 Å². The van der Waals surface area contributed by atoms with Gasteiger partial charge in [0.2, 0.25) is 0 Å². The van der Waals surface area contributed by atoms with E-state index < -0.39 is 0 Å². The van der Waals surface area contributed by atoms with Crippen molar-refractivity contribution in [2.24, 2.45) is 4.99 Å². The second-order valence-electron chi connectivity index (χ2n) is 7.30. The predicted octanol–water partition coefficient (Wildman–Crippen LogP) is 4.51. The molecular weight excluding hydrogens is 326 g/mol. The minimum Gasteiger partial charge on any atom is -0.469 e. The molecule has 2 aliphatic rings. The number of methoxy groups -OCH3 is 1. The first kappa shape index (κ1) is 18.7. The first-order valence-corrected chi connectivity index (χ1v) is 10.00. The lowest BCUT2D eigenvalue weighted by molar-refractivity contribution is -0.141. The van der Waals surface area contributed by atoms with Gasteiger partial charge >= 0.3 is 5.97 Å². The minimum absolute atomic E-state index is 0.0196. The topological polar surface area (TPSA) is 53.9 Å². The minimum atomic E-state index is -0.176. The van der Waals surface area contributed by atoms with Gasteiger partial charge in [0.25, 0.3) is 0 Å². The molecule has 26 heavy (non-hydrogen) atoms. The van der Waals surface area contributed by atoms with Crippen molar-refractivity contribution in [1.29, 1.82) is 0 Å². The van der Waals surface area contributed by atoms with Crippen molar-refractivity contribution in [2.45, 2.75) is 70.4 Å². The summed E-state index contributed by atoms with van der Waals surface area (Å²) in [5.41, 5.74) is 2.21. The molecule has 1 aliphatic carbocycles. The molecule has 1 atom stereocenters. The number of carbonyl (C=O) groups is 1. The number of guanidine groups is 1. The third-order valence-electron chi connectivity index (χ3n) is 5.43. The van der Waals surface area contributed by atoms with E-state index >= 15 is 0 Å². The molecule has 5 nitrogen and oxygen atoms in total. The van der Waals surface area contributed by atoms with Crippen LogP contribution in [0.25, 0.3) is 0 Å². The summed E-state index contributed by atoms with van der Waals surface area (Å²) >= 11 is 0. The number of hydrogen-bond acceptors (Lipinski definition) is 3. The van der Waals surface area contributed by atoms with Gasteiger partial charge in [0.15, 0.2) is 5.96 Å². The molecule has 0 aromatic heterocycles. The van der Waals surface area contributed by atoms with Crippen LogP contribution < -0.4 is 5.32 Å². The Kier molecular flexibility index (Phi) is 6.53. The molecule has 1 heterocycles. The van der Waals surface area contributed by atoms with E-state index in [0.717, 1.165) is 49.4 Å². The van der Waals surface area contributed by atoms with Gasteiger partial charge in [-0.1, -0.05) is 50.8 Å². The number of unbranched alkanes of at least 4 members (excludes halogenated alkanes) is 1. The molecule has 1 saturated carbocycles. The van der Waals surface area contributed by atoms with Gasteiger partial charge in [-0.05, 0) is 30.9 Å². The highest BCUT2D eigenvalue weighted by Gasteiger charge is 2.33. The molecular formula is C21H31N3O2. The first-order valence-electron chi connectivity index (χ1n) is 10.00. The molecule has 1 aromatic rings. The molecule has 5 heteroatoms. The van der Waals surface area contributed by atoms with Crippen LogP contribution in [0.3, 0.4) is 0 Å². The summed E-state index contributed by atoms with van der Waals surface area (Å²) in [4.78, 5) is 19.5. The second-order valence-corrected chi connectivity index (χ2v) is 7.30. The average Bonchev–Trinajstić information content (AvgIpc) is 2.68. The number of fused-ring (bicyclic) bond motifs is 1. The molecule has 0 saturated heterocycles. The maximum Gasteiger partial charge on any atom is 0.307 e.